The van der Waals surface area contributed by atoms with Crippen LogP contribution in [0.15, 0.2) is 54.6 Å². The molecule has 2 aromatic rings. The summed E-state index contributed by atoms with van der Waals surface area (Å²) in [4.78, 5) is 0. The van der Waals surface area contributed by atoms with Gasteiger partial charge in [0.05, 0.1) is 0 Å². The van der Waals surface area contributed by atoms with Gasteiger partial charge >= 0.3 is 0 Å². The Balaban J connectivity index is 2.06. The fraction of sp³-hybridized carbons (Fsp3) is 0.333. The molecule has 1 atom stereocenters. The largest absolute Gasteiger partial charge is 0.319 e. The Labute approximate surface area is 116 Å². The molecular formula is C18H23N. The van der Waals surface area contributed by atoms with Gasteiger partial charge in [0.1, 0.15) is 0 Å². The zero-order valence-electron chi connectivity index (χ0n) is 11.9. The zero-order valence-corrected chi connectivity index (χ0v) is 11.9. The van der Waals surface area contributed by atoms with Crippen molar-refractivity contribution in [3.05, 3.63) is 71.3 Å². The van der Waals surface area contributed by atoms with Gasteiger partial charge in [0.25, 0.3) is 0 Å². The molecule has 2 aromatic carbocycles. The van der Waals surface area contributed by atoms with Gasteiger partial charge in [0, 0.05) is 0 Å². The number of benzene rings is 2. The molecule has 0 aliphatic carbocycles. The van der Waals surface area contributed by atoms with Gasteiger partial charge < -0.3 is 5.32 Å². The van der Waals surface area contributed by atoms with Gasteiger partial charge in [-0.3, -0.25) is 0 Å². The average Bonchev–Trinajstić information content (AvgIpc) is 2.43. The van der Waals surface area contributed by atoms with Crippen LogP contribution in [-0.2, 0) is 12.8 Å². The van der Waals surface area contributed by atoms with Crippen LogP contribution in [0.4, 0.5) is 0 Å². The molecule has 1 unspecified atom stereocenters. The Morgan fingerprint density at radius 3 is 2.26 bits per heavy atom. The highest BCUT2D eigenvalue weighted by molar-refractivity contribution is 5.26. The van der Waals surface area contributed by atoms with Crippen LogP contribution in [0.25, 0.3) is 0 Å². The molecule has 1 nitrogen and oxygen atoms in total. The minimum absolute atomic E-state index is 0.647. The lowest BCUT2D eigenvalue weighted by Crippen LogP contribution is -2.23. The highest BCUT2D eigenvalue weighted by Gasteiger charge is 2.11. The van der Waals surface area contributed by atoms with E-state index in [9.17, 15) is 0 Å². The molecule has 0 spiro atoms. The average molecular weight is 253 g/mol. The van der Waals surface area contributed by atoms with Crippen molar-refractivity contribution in [1.82, 2.24) is 5.32 Å². The molecule has 1 N–H and O–H groups in total. The Hall–Kier alpha value is -1.60. The Morgan fingerprint density at radius 2 is 1.58 bits per heavy atom. The van der Waals surface area contributed by atoms with E-state index in [0.29, 0.717) is 5.92 Å². The Kier molecular flexibility index (Phi) is 5.17. The molecule has 0 radical (unpaired) electrons. The molecule has 0 saturated carbocycles. The van der Waals surface area contributed by atoms with Crippen LogP contribution in [0.1, 0.15) is 16.7 Å². The summed E-state index contributed by atoms with van der Waals surface area (Å²) in [5.74, 6) is 0.647. The topological polar surface area (TPSA) is 12.0 Å². The summed E-state index contributed by atoms with van der Waals surface area (Å²) < 4.78 is 0. The Morgan fingerprint density at radius 1 is 0.895 bits per heavy atom. The van der Waals surface area contributed by atoms with Gasteiger partial charge in [-0.15, -0.1) is 0 Å². The number of aryl methyl sites for hydroxylation is 1. The third kappa shape index (κ3) is 4.22. The van der Waals surface area contributed by atoms with E-state index in [2.05, 4.69) is 66.8 Å². The first-order valence-corrected chi connectivity index (χ1v) is 7.02. The minimum atomic E-state index is 0.647. The first-order valence-electron chi connectivity index (χ1n) is 7.02. The molecule has 0 aliphatic rings. The highest BCUT2D eigenvalue weighted by Crippen LogP contribution is 2.17. The van der Waals surface area contributed by atoms with Crippen molar-refractivity contribution in [2.75, 3.05) is 13.6 Å². The van der Waals surface area contributed by atoms with Crippen LogP contribution in [0, 0.1) is 12.8 Å². The molecule has 19 heavy (non-hydrogen) atoms. The standard InChI is InChI=1S/C18H23N/c1-15-8-6-7-11-18(15)13-17(14-19-2)12-16-9-4-3-5-10-16/h3-11,17,19H,12-14H2,1-2H3. The van der Waals surface area contributed by atoms with E-state index >= 15 is 0 Å². The number of rotatable bonds is 6. The third-order valence-corrected chi connectivity index (χ3v) is 3.63. The van der Waals surface area contributed by atoms with Crippen LogP contribution < -0.4 is 5.32 Å². The summed E-state index contributed by atoms with van der Waals surface area (Å²) in [5.41, 5.74) is 4.30. The zero-order chi connectivity index (χ0) is 13.5. The van der Waals surface area contributed by atoms with Crippen LogP contribution in [0.5, 0.6) is 0 Å². The second-order valence-electron chi connectivity index (χ2n) is 5.24. The fourth-order valence-electron chi connectivity index (χ4n) is 2.60. The van der Waals surface area contributed by atoms with E-state index < -0.39 is 0 Å². The molecule has 0 aliphatic heterocycles. The van der Waals surface area contributed by atoms with Crippen molar-refractivity contribution >= 4 is 0 Å². The smallest absolute Gasteiger partial charge is 0.00172 e. The summed E-state index contributed by atoms with van der Waals surface area (Å²) in [7, 11) is 2.04. The van der Waals surface area contributed by atoms with Crippen molar-refractivity contribution in [2.24, 2.45) is 5.92 Å². The first-order chi connectivity index (χ1) is 9.29. The third-order valence-electron chi connectivity index (χ3n) is 3.63. The predicted octanol–water partition coefficient (Wildman–Crippen LogP) is 3.62. The molecule has 0 fully saturated rings. The summed E-state index contributed by atoms with van der Waals surface area (Å²) >= 11 is 0. The van der Waals surface area contributed by atoms with Crippen LogP contribution in [0.2, 0.25) is 0 Å². The summed E-state index contributed by atoms with van der Waals surface area (Å²) in [5, 5.41) is 3.33. The van der Waals surface area contributed by atoms with Gasteiger partial charge in [-0.1, -0.05) is 54.6 Å². The van der Waals surface area contributed by atoms with E-state index in [-0.39, 0.29) is 0 Å². The quantitative estimate of drug-likeness (QED) is 0.829. The highest BCUT2D eigenvalue weighted by atomic mass is 14.8. The predicted molar refractivity (Wildman–Crippen MR) is 82.4 cm³/mol. The fourth-order valence-corrected chi connectivity index (χ4v) is 2.60. The van der Waals surface area contributed by atoms with Gasteiger partial charge in [-0.25, -0.2) is 0 Å². The van der Waals surface area contributed by atoms with Gasteiger partial charge in [-0.2, -0.15) is 0 Å². The molecule has 0 heterocycles. The molecular weight excluding hydrogens is 230 g/mol. The van der Waals surface area contributed by atoms with E-state index in [1.807, 2.05) is 7.05 Å². The van der Waals surface area contributed by atoms with Crippen LogP contribution in [0.3, 0.4) is 0 Å². The maximum Gasteiger partial charge on any atom is -0.00172 e. The van der Waals surface area contributed by atoms with E-state index in [4.69, 9.17) is 0 Å². The lowest BCUT2D eigenvalue weighted by atomic mass is 9.91. The maximum atomic E-state index is 3.33. The SMILES string of the molecule is CNCC(Cc1ccccc1)Cc1ccccc1C. The molecule has 0 aromatic heterocycles. The molecule has 0 saturated heterocycles. The molecule has 1 heteroatoms. The van der Waals surface area contributed by atoms with Gasteiger partial charge in [0.2, 0.25) is 0 Å². The van der Waals surface area contributed by atoms with Gasteiger partial charge in [0.15, 0.2) is 0 Å². The first kappa shape index (κ1) is 13.8. The molecule has 0 bridgehead atoms. The lowest BCUT2D eigenvalue weighted by molar-refractivity contribution is 0.492. The van der Waals surface area contributed by atoms with E-state index in [1.54, 1.807) is 0 Å². The number of hydrogen-bond donors (Lipinski definition) is 1. The lowest BCUT2D eigenvalue weighted by Gasteiger charge is -2.18. The molecule has 0 amide bonds. The molecule has 100 valence electrons. The van der Waals surface area contributed by atoms with Crippen LogP contribution in [-0.4, -0.2) is 13.6 Å². The van der Waals surface area contributed by atoms with E-state index in [0.717, 1.165) is 19.4 Å². The monoisotopic (exact) mass is 253 g/mol. The van der Waals surface area contributed by atoms with Crippen molar-refractivity contribution in [3.8, 4) is 0 Å². The summed E-state index contributed by atoms with van der Waals surface area (Å²) in [6, 6.07) is 19.5. The van der Waals surface area contributed by atoms with Crippen LogP contribution >= 0.6 is 0 Å². The minimum Gasteiger partial charge on any atom is -0.319 e. The van der Waals surface area contributed by atoms with Gasteiger partial charge in [-0.05, 0) is 56.0 Å². The normalized spacial score (nSPS) is 12.3. The van der Waals surface area contributed by atoms with Crippen molar-refractivity contribution in [2.45, 2.75) is 19.8 Å². The second kappa shape index (κ2) is 7.10. The maximum absolute atomic E-state index is 3.33. The number of hydrogen-bond acceptors (Lipinski definition) is 1. The van der Waals surface area contributed by atoms with Crippen molar-refractivity contribution in [3.63, 3.8) is 0 Å². The van der Waals surface area contributed by atoms with Crippen molar-refractivity contribution in [1.29, 1.82) is 0 Å². The van der Waals surface area contributed by atoms with Crippen molar-refractivity contribution < 1.29 is 0 Å². The molecule has 2 rings (SSSR count). The second-order valence-corrected chi connectivity index (χ2v) is 5.24. The Bertz CT molecular complexity index is 490. The van der Waals surface area contributed by atoms with E-state index in [1.165, 1.54) is 16.7 Å². The number of nitrogens with one attached hydrogen (secondary N) is 1. The summed E-state index contributed by atoms with van der Waals surface area (Å²) in [6.07, 6.45) is 2.28. The summed E-state index contributed by atoms with van der Waals surface area (Å²) in [6.45, 7) is 3.26.